The Kier molecular flexibility index (Phi) is 3.50. The standard InChI is InChI=1S/C15H18N4O/c1-2-15(20)18-12-6-5-7-13-11(12)10-17-19(13)14-8-3-4-9-16-14/h3-4,8-10,12H,2,5-7H2,1H3,(H,18,20)/t12-/m1/s1. The van der Waals surface area contributed by atoms with Crippen molar-refractivity contribution in [1.82, 2.24) is 20.1 Å². The smallest absolute Gasteiger partial charge is 0.220 e. The van der Waals surface area contributed by atoms with E-state index in [0.29, 0.717) is 6.42 Å². The maximum atomic E-state index is 11.6. The van der Waals surface area contributed by atoms with Crippen LogP contribution in [0.3, 0.4) is 0 Å². The Morgan fingerprint density at radius 2 is 2.40 bits per heavy atom. The first-order chi connectivity index (χ1) is 9.79. The molecule has 2 aromatic heterocycles. The SMILES string of the molecule is CCC(=O)N[C@@H]1CCCc2c1cnn2-c1ccccn1. The minimum atomic E-state index is 0.0867. The molecule has 1 amide bonds. The highest BCUT2D eigenvalue weighted by Crippen LogP contribution is 2.30. The average Bonchev–Trinajstić information content (AvgIpc) is 2.93. The molecule has 1 N–H and O–H groups in total. The van der Waals surface area contributed by atoms with Gasteiger partial charge in [0.1, 0.15) is 0 Å². The first-order valence-electron chi connectivity index (χ1n) is 7.07. The van der Waals surface area contributed by atoms with E-state index in [4.69, 9.17) is 0 Å². The van der Waals surface area contributed by atoms with Crippen LogP contribution in [0.2, 0.25) is 0 Å². The summed E-state index contributed by atoms with van der Waals surface area (Å²) in [5, 5.41) is 7.53. The third kappa shape index (κ3) is 2.31. The molecule has 0 saturated heterocycles. The predicted molar refractivity (Wildman–Crippen MR) is 75.5 cm³/mol. The summed E-state index contributed by atoms with van der Waals surface area (Å²) in [7, 11) is 0. The Labute approximate surface area is 118 Å². The second-order valence-electron chi connectivity index (χ2n) is 5.01. The van der Waals surface area contributed by atoms with Gasteiger partial charge in [-0.2, -0.15) is 5.10 Å². The minimum absolute atomic E-state index is 0.0867. The highest BCUT2D eigenvalue weighted by Gasteiger charge is 2.25. The molecule has 2 aromatic rings. The summed E-state index contributed by atoms with van der Waals surface area (Å²) in [6, 6.07) is 5.88. The molecule has 0 aliphatic heterocycles. The molecule has 20 heavy (non-hydrogen) atoms. The number of hydrogen-bond acceptors (Lipinski definition) is 3. The normalized spacial score (nSPS) is 17.6. The molecule has 0 aromatic carbocycles. The number of amides is 1. The van der Waals surface area contributed by atoms with Gasteiger partial charge in [-0.25, -0.2) is 9.67 Å². The monoisotopic (exact) mass is 270 g/mol. The van der Waals surface area contributed by atoms with Crippen molar-refractivity contribution in [3.8, 4) is 5.82 Å². The molecular formula is C15H18N4O. The van der Waals surface area contributed by atoms with Gasteiger partial charge in [-0.15, -0.1) is 0 Å². The van der Waals surface area contributed by atoms with Gasteiger partial charge in [0.05, 0.1) is 17.9 Å². The van der Waals surface area contributed by atoms with E-state index in [-0.39, 0.29) is 11.9 Å². The van der Waals surface area contributed by atoms with Crippen LogP contribution in [-0.2, 0) is 11.2 Å². The summed E-state index contributed by atoms with van der Waals surface area (Å²) >= 11 is 0. The highest BCUT2D eigenvalue weighted by atomic mass is 16.1. The van der Waals surface area contributed by atoms with Crippen LogP contribution in [0, 0.1) is 0 Å². The summed E-state index contributed by atoms with van der Waals surface area (Å²) in [5.41, 5.74) is 2.29. The van der Waals surface area contributed by atoms with E-state index in [9.17, 15) is 4.79 Å². The van der Waals surface area contributed by atoms with Crippen molar-refractivity contribution < 1.29 is 4.79 Å². The fraction of sp³-hybridized carbons (Fsp3) is 0.400. The molecule has 1 atom stereocenters. The lowest BCUT2D eigenvalue weighted by Gasteiger charge is -2.23. The maximum absolute atomic E-state index is 11.6. The molecule has 0 unspecified atom stereocenters. The lowest BCUT2D eigenvalue weighted by molar-refractivity contribution is -0.121. The van der Waals surface area contributed by atoms with Crippen LogP contribution in [0.4, 0.5) is 0 Å². The van der Waals surface area contributed by atoms with Crippen molar-refractivity contribution in [3.63, 3.8) is 0 Å². The number of fused-ring (bicyclic) bond motifs is 1. The zero-order chi connectivity index (χ0) is 13.9. The van der Waals surface area contributed by atoms with Crippen LogP contribution in [0.15, 0.2) is 30.6 Å². The molecule has 3 rings (SSSR count). The molecule has 5 heteroatoms. The molecule has 5 nitrogen and oxygen atoms in total. The Morgan fingerprint density at radius 3 is 3.15 bits per heavy atom. The quantitative estimate of drug-likeness (QED) is 0.930. The van der Waals surface area contributed by atoms with Crippen molar-refractivity contribution in [2.45, 2.75) is 38.6 Å². The summed E-state index contributed by atoms with van der Waals surface area (Å²) in [6.07, 6.45) is 7.16. The van der Waals surface area contributed by atoms with Crippen molar-refractivity contribution in [2.24, 2.45) is 0 Å². The summed E-state index contributed by atoms with van der Waals surface area (Å²) < 4.78 is 1.89. The van der Waals surface area contributed by atoms with E-state index in [1.54, 1.807) is 6.20 Å². The third-order valence-corrected chi connectivity index (χ3v) is 3.71. The third-order valence-electron chi connectivity index (χ3n) is 3.71. The molecule has 0 fully saturated rings. The number of hydrogen-bond donors (Lipinski definition) is 1. The molecule has 0 spiro atoms. The molecule has 0 bridgehead atoms. The van der Waals surface area contributed by atoms with Gasteiger partial charge >= 0.3 is 0 Å². The van der Waals surface area contributed by atoms with Gasteiger partial charge in [0, 0.05) is 18.2 Å². The molecule has 1 aliphatic rings. The maximum Gasteiger partial charge on any atom is 0.220 e. The largest absolute Gasteiger partial charge is 0.349 e. The lowest BCUT2D eigenvalue weighted by atomic mass is 9.93. The Balaban J connectivity index is 1.93. The fourth-order valence-electron chi connectivity index (χ4n) is 2.68. The van der Waals surface area contributed by atoms with Crippen molar-refractivity contribution in [3.05, 3.63) is 41.9 Å². The number of rotatable bonds is 3. The van der Waals surface area contributed by atoms with Crippen LogP contribution < -0.4 is 5.32 Å². The molecular weight excluding hydrogens is 252 g/mol. The zero-order valence-corrected chi connectivity index (χ0v) is 11.5. The van der Waals surface area contributed by atoms with E-state index in [1.807, 2.05) is 36.0 Å². The van der Waals surface area contributed by atoms with Crippen LogP contribution in [0.5, 0.6) is 0 Å². The van der Waals surface area contributed by atoms with Gasteiger partial charge in [-0.05, 0) is 31.4 Å². The van der Waals surface area contributed by atoms with Crippen LogP contribution >= 0.6 is 0 Å². The van der Waals surface area contributed by atoms with Crippen LogP contribution in [-0.4, -0.2) is 20.7 Å². The van der Waals surface area contributed by atoms with E-state index in [2.05, 4.69) is 15.4 Å². The number of pyridine rings is 1. The molecule has 1 aliphatic carbocycles. The van der Waals surface area contributed by atoms with Gasteiger partial charge in [-0.3, -0.25) is 4.79 Å². The van der Waals surface area contributed by atoms with Crippen molar-refractivity contribution in [2.75, 3.05) is 0 Å². The predicted octanol–water partition coefficient (Wildman–Crippen LogP) is 2.17. The first kappa shape index (κ1) is 12.8. The van der Waals surface area contributed by atoms with E-state index in [1.165, 1.54) is 0 Å². The Hall–Kier alpha value is -2.17. The average molecular weight is 270 g/mol. The van der Waals surface area contributed by atoms with Gasteiger partial charge in [0.2, 0.25) is 5.91 Å². The molecule has 2 heterocycles. The van der Waals surface area contributed by atoms with Crippen LogP contribution in [0.1, 0.15) is 43.5 Å². The summed E-state index contributed by atoms with van der Waals surface area (Å²) in [6.45, 7) is 1.87. The second-order valence-corrected chi connectivity index (χ2v) is 5.01. The van der Waals surface area contributed by atoms with Crippen molar-refractivity contribution in [1.29, 1.82) is 0 Å². The van der Waals surface area contributed by atoms with Gasteiger partial charge in [-0.1, -0.05) is 13.0 Å². The zero-order valence-electron chi connectivity index (χ0n) is 11.5. The van der Waals surface area contributed by atoms with E-state index < -0.39 is 0 Å². The number of carbonyl (C=O) groups excluding carboxylic acids is 1. The van der Waals surface area contributed by atoms with Gasteiger partial charge < -0.3 is 5.32 Å². The van der Waals surface area contributed by atoms with Crippen molar-refractivity contribution >= 4 is 5.91 Å². The second kappa shape index (κ2) is 5.45. The Morgan fingerprint density at radius 1 is 1.50 bits per heavy atom. The molecule has 104 valence electrons. The fourth-order valence-corrected chi connectivity index (χ4v) is 2.68. The minimum Gasteiger partial charge on any atom is -0.349 e. The van der Waals surface area contributed by atoms with E-state index >= 15 is 0 Å². The number of nitrogens with zero attached hydrogens (tertiary/aromatic N) is 3. The van der Waals surface area contributed by atoms with E-state index in [0.717, 1.165) is 36.3 Å². The first-order valence-corrected chi connectivity index (χ1v) is 7.07. The summed E-state index contributed by atoms with van der Waals surface area (Å²) in [5.74, 6) is 0.921. The lowest BCUT2D eigenvalue weighted by Crippen LogP contribution is -2.30. The van der Waals surface area contributed by atoms with Crippen LogP contribution in [0.25, 0.3) is 5.82 Å². The molecule has 0 saturated carbocycles. The summed E-state index contributed by atoms with van der Waals surface area (Å²) in [4.78, 5) is 16.0. The van der Waals surface area contributed by atoms with Gasteiger partial charge in [0.15, 0.2) is 5.82 Å². The highest BCUT2D eigenvalue weighted by molar-refractivity contribution is 5.76. The number of aromatic nitrogens is 3. The van der Waals surface area contributed by atoms with Gasteiger partial charge in [0.25, 0.3) is 0 Å². The number of nitrogens with one attached hydrogen (secondary N) is 1. The Bertz CT molecular complexity index is 606. The topological polar surface area (TPSA) is 59.8 Å². The number of carbonyl (C=O) groups is 1. The molecule has 0 radical (unpaired) electrons.